The summed E-state index contributed by atoms with van der Waals surface area (Å²) in [5, 5.41) is 0. The first-order valence-corrected chi connectivity index (χ1v) is 5.04. The zero-order chi connectivity index (χ0) is 10.9. The van der Waals surface area contributed by atoms with E-state index in [-0.39, 0.29) is 17.7 Å². The van der Waals surface area contributed by atoms with Crippen LogP contribution in [-0.2, 0) is 14.3 Å². The van der Waals surface area contributed by atoms with E-state index >= 15 is 0 Å². The molecular formula is C11H18O3. The Morgan fingerprint density at radius 3 is 2.43 bits per heavy atom. The maximum atomic E-state index is 11.5. The highest BCUT2D eigenvalue weighted by Crippen LogP contribution is 2.56. The molecule has 1 aliphatic carbocycles. The van der Waals surface area contributed by atoms with Gasteiger partial charge in [0.15, 0.2) is 0 Å². The lowest BCUT2D eigenvalue weighted by Gasteiger charge is -2.12. The van der Waals surface area contributed by atoms with Crippen LogP contribution < -0.4 is 0 Å². The third-order valence-corrected chi connectivity index (χ3v) is 3.04. The third-order valence-electron chi connectivity index (χ3n) is 3.04. The molecule has 2 unspecified atom stereocenters. The van der Waals surface area contributed by atoms with Crippen LogP contribution in [0.15, 0.2) is 0 Å². The van der Waals surface area contributed by atoms with Gasteiger partial charge in [-0.3, -0.25) is 9.59 Å². The van der Waals surface area contributed by atoms with Crippen LogP contribution >= 0.6 is 0 Å². The molecule has 1 aliphatic rings. The van der Waals surface area contributed by atoms with E-state index in [9.17, 15) is 9.59 Å². The highest BCUT2D eigenvalue weighted by atomic mass is 16.5. The first-order chi connectivity index (χ1) is 6.45. The maximum absolute atomic E-state index is 11.5. The number of carbonyl (C=O) groups excluding carboxylic acids is 2. The van der Waals surface area contributed by atoms with E-state index in [1.807, 2.05) is 0 Å². The van der Waals surface area contributed by atoms with E-state index in [1.165, 1.54) is 14.0 Å². The third kappa shape index (κ3) is 1.68. The molecule has 0 N–H and O–H groups in total. The first kappa shape index (κ1) is 11.2. The molecule has 0 aliphatic heterocycles. The first-order valence-electron chi connectivity index (χ1n) is 5.04. The molecule has 1 saturated carbocycles. The van der Waals surface area contributed by atoms with Gasteiger partial charge in [-0.1, -0.05) is 13.8 Å². The van der Waals surface area contributed by atoms with Crippen LogP contribution in [0.25, 0.3) is 0 Å². The Hall–Kier alpha value is -0.860. The summed E-state index contributed by atoms with van der Waals surface area (Å²) >= 11 is 0. The molecule has 0 saturated heterocycles. The van der Waals surface area contributed by atoms with Gasteiger partial charge in [0.2, 0.25) is 0 Å². The Labute approximate surface area is 84.8 Å². The van der Waals surface area contributed by atoms with Gasteiger partial charge in [-0.2, -0.15) is 0 Å². The summed E-state index contributed by atoms with van der Waals surface area (Å²) in [6, 6.07) is 0. The van der Waals surface area contributed by atoms with Crippen molar-refractivity contribution in [1.29, 1.82) is 0 Å². The van der Waals surface area contributed by atoms with E-state index in [4.69, 9.17) is 4.74 Å². The average molecular weight is 198 g/mol. The molecule has 0 spiro atoms. The van der Waals surface area contributed by atoms with Gasteiger partial charge in [0.1, 0.15) is 11.2 Å². The number of hydrogen-bond donors (Lipinski definition) is 0. The van der Waals surface area contributed by atoms with Gasteiger partial charge in [-0.05, 0) is 31.6 Å². The number of ketones is 1. The number of hydrogen-bond acceptors (Lipinski definition) is 3. The monoisotopic (exact) mass is 198 g/mol. The van der Waals surface area contributed by atoms with Crippen molar-refractivity contribution in [3.05, 3.63) is 0 Å². The molecule has 0 bridgehead atoms. The molecule has 3 heteroatoms. The fourth-order valence-corrected chi connectivity index (χ4v) is 2.19. The molecule has 14 heavy (non-hydrogen) atoms. The Kier molecular flexibility index (Phi) is 2.98. The fourth-order valence-electron chi connectivity index (χ4n) is 2.19. The minimum absolute atomic E-state index is 0.0463. The van der Waals surface area contributed by atoms with E-state index in [1.54, 1.807) is 0 Å². The van der Waals surface area contributed by atoms with Crippen LogP contribution in [0.1, 0.15) is 33.6 Å². The van der Waals surface area contributed by atoms with E-state index < -0.39 is 5.41 Å². The number of rotatable bonds is 4. The summed E-state index contributed by atoms with van der Waals surface area (Å²) in [4.78, 5) is 22.9. The van der Waals surface area contributed by atoms with Crippen molar-refractivity contribution >= 4 is 11.8 Å². The minimum Gasteiger partial charge on any atom is -0.468 e. The Bertz CT molecular complexity index is 257. The standard InChI is InChI=1S/C11H18O3/c1-7(2)5-9-6-11(9,8(3)12)10(13)14-4/h7,9H,5-6H2,1-4H3. The molecule has 2 atom stereocenters. The van der Waals surface area contributed by atoms with Crippen LogP contribution in [0.4, 0.5) is 0 Å². The summed E-state index contributed by atoms with van der Waals surface area (Å²) in [6.07, 6.45) is 1.60. The van der Waals surface area contributed by atoms with Crippen LogP contribution in [-0.4, -0.2) is 18.9 Å². The molecule has 1 fully saturated rings. The van der Waals surface area contributed by atoms with E-state index in [0.717, 1.165) is 6.42 Å². The molecule has 0 amide bonds. The quantitative estimate of drug-likeness (QED) is 0.511. The van der Waals surface area contributed by atoms with Gasteiger partial charge in [0, 0.05) is 0 Å². The number of carbonyl (C=O) groups is 2. The lowest BCUT2D eigenvalue weighted by Crippen LogP contribution is -2.27. The summed E-state index contributed by atoms with van der Waals surface area (Å²) in [7, 11) is 1.35. The van der Waals surface area contributed by atoms with E-state index in [2.05, 4.69) is 13.8 Å². The van der Waals surface area contributed by atoms with Crippen molar-refractivity contribution < 1.29 is 14.3 Å². The van der Waals surface area contributed by atoms with Crippen molar-refractivity contribution in [3.63, 3.8) is 0 Å². The second-order valence-electron chi connectivity index (χ2n) is 4.55. The topological polar surface area (TPSA) is 43.4 Å². The van der Waals surface area contributed by atoms with Gasteiger partial charge in [-0.15, -0.1) is 0 Å². The maximum Gasteiger partial charge on any atom is 0.319 e. The van der Waals surface area contributed by atoms with Crippen molar-refractivity contribution in [1.82, 2.24) is 0 Å². The largest absolute Gasteiger partial charge is 0.468 e. The van der Waals surface area contributed by atoms with Crippen LogP contribution in [0.5, 0.6) is 0 Å². The average Bonchev–Trinajstić information content (AvgIpc) is 2.78. The van der Waals surface area contributed by atoms with Crippen LogP contribution in [0.3, 0.4) is 0 Å². The molecule has 1 rings (SSSR count). The van der Waals surface area contributed by atoms with Gasteiger partial charge in [-0.25, -0.2) is 0 Å². The molecule has 0 aromatic heterocycles. The van der Waals surface area contributed by atoms with Crippen molar-refractivity contribution in [3.8, 4) is 0 Å². The molecule has 0 aromatic rings. The van der Waals surface area contributed by atoms with Gasteiger partial charge >= 0.3 is 5.97 Å². The van der Waals surface area contributed by atoms with Gasteiger partial charge in [0.25, 0.3) is 0 Å². The molecule has 0 heterocycles. The molecule has 80 valence electrons. The molecule has 3 nitrogen and oxygen atoms in total. The molecule has 0 aromatic carbocycles. The van der Waals surface area contributed by atoms with Crippen molar-refractivity contribution in [2.45, 2.75) is 33.6 Å². The Morgan fingerprint density at radius 2 is 2.07 bits per heavy atom. The lowest BCUT2D eigenvalue weighted by atomic mass is 9.94. The van der Waals surface area contributed by atoms with Gasteiger partial charge < -0.3 is 4.74 Å². The number of ether oxygens (including phenoxy) is 1. The zero-order valence-electron chi connectivity index (χ0n) is 9.29. The van der Waals surface area contributed by atoms with Crippen molar-refractivity contribution in [2.24, 2.45) is 17.3 Å². The second-order valence-corrected chi connectivity index (χ2v) is 4.55. The predicted molar refractivity (Wildman–Crippen MR) is 52.7 cm³/mol. The number of methoxy groups -OCH3 is 1. The highest BCUT2D eigenvalue weighted by Gasteiger charge is 2.64. The summed E-state index contributed by atoms with van der Waals surface area (Å²) in [5.74, 6) is 0.323. The number of Topliss-reactive ketones (excluding diaryl/α,β-unsaturated/α-hetero) is 1. The zero-order valence-corrected chi connectivity index (χ0v) is 9.29. The van der Waals surface area contributed by atoms with Crippen LogP contribution in [0, 0.1) is 17.3 Å². The molecule has 0 radical (unpaired) electrons. The van der Waals surface area contributed by atoms with Gasteiger partial charge in [0.05, 0.1) is 7.11 Å². The second kappa shape index (κ2) is 3.71. The smallest absolute Gasteiger partial charge is 0.319 e. The van der Waals surface area contributed by atoms with E-state index in [0.29, 0.717) is 12.3 Å². The normalized spacial score (nSPS) is 30.2. The lowest BCUT2D eigenvalue weighted by molar-refractivity contribution is -0.151. The fraction of sp³-hybridized carbons (Fsp3) is 0.818. The Morgan fingerprint density at radius 1 is 1.50 bits per heavy atom. The SMILES string of the molecule is COC(=O)C1(C(C)=O)CC1CC(C)C. The minimum atomic E-state index is -0.793. The number of esters is 1. The summed E-state index contributed by atoms with van der Waals surface area (Å²) in [6.45, 7) is 5.68. The predicted octanol–water partition coefficient (Wildman–Crippen LogP) is 1.80. The Balaban J connectivity index is 2.71. The summed E-state index contributed by atoms with van der Waals surface area (Å²) in [5.41, 5.74) is -0.793. The van der Waals surface area contributed by atoms with Crippen LogP contribution in [0.2, 0.25) is 0 Å². The summed E-state index contributed by atoms with van der Waals surface area (Å²) < 4.78 is 4.69. The molecular weight excluding hydrogens is 180 g/mol. The van der Waals surface area contributed by atoms with Crippen molar-refractivity contribution in [2.75, 3.05) is 7.11 Å². The highest BCUT2D eigenvalue weighted by molar-refractivity contribution is 6.06.